The van der Waals surface area contributed by atoms with Crippen LogP contribution in [0.5, 0.6) is 11.5 Å². The summed E-state index contributed by atoms with van der Waals surface area (Å²) in [5, 5.41) is 0. The largest absolute Gasteiger partial charge is 0.458 e. The first kappa shape index (κ1) is 36.5. The van der Waals surface area contributed by atoms with Gasteiger partial charge in [0.1, 0.15) is 11.5 Å². The lowest BCUT2D eigenvalue weighted by atomic mass is 9.34. The van der Waals surface area contributed by atoms with Crippen LogP contribution in [0.1, 0.15) is 26.3 Å². The molecule has 8 aromatic carbocycles. The third-order valence-electron chi connectivity index (χ3n) is 12.0. The number of hydrogen-bond acceptors (Lipinski definition) is 5. The van der Waals surface area contributed by atoms with E-state index in [1.165, 1.54) is 5.56 Å². The molecule has 9 aromatic rings. The van der Waals surface area contributed by atoms with Gasteiger partial charge in [-0.15, -0.1) is 0 Å². The Balaban J connectivity index is 1.22. The molecule has 6 heteroatoms. The molecule has 2 aliphatic rings. The van der Waals surface area contributed by atoms with Crippen molar-refractivity contribution in [3.8, 4) is 67.9 Å². The van der Waals surface area contributed by atoms with E-state index >= 15 is 0 Å². The summed E-state index contributed by atoms with van der Waals surface area (Å²) in [5.41, 5.74) is 15.0. The Morgan fingerprint density at radius 1 is 0.426 bits per heavy atom. The van der Waals surface area contributed by atoms with Crippen molar-refractivity contribution < 1.29 is 4.74 Å². The zero-order valence-corrected chi connectivity index (χ0v) is 34.2. The Labute approximate surface area is 357 Å². The van der Waals surface area contributed by atoms with E-state index in [1.54, 1.807) is 0 Å². The summed E-state index contributed by atoms with van der Waals surface area (Å²) in [7, 11) is 0. The molecule has 0 aliphatic carbocycles. The predicted octanol–water partition coefficient (Wildman–Crippen LogP) is 11.9. The molecule has 1 aromatic heterocycles. The molecule has 0 spiro atoms. The second-order valence-corrected chi connectivity index (χ2v) is 16.8. The van der Waals surface area contributed by atoms with E-state index in [1.807, 2.05) is 36.4 Å². The van der Waals surface area contributed by atoms with Crippen LogP contribution in [0.25, 0.3) is 56.4 Å². The molecule has 0 fully saturated rings. The fraction of sp³-hybridized carbons (Fsp3) is 0.0727. The standard InChI is InChI=1S/C55H41BN4O/c1-55(2,3)41-31-32-44-49(35-41)61-48-29-17-28-47-50(48)56(44)45-27-16-26-42(54-58-52(38-22-12-6-13-23-38)57-53(59-54)39-24-14-7-15-25-39)51(45)60(47)46-33-30-40(36-18-8-4-9-19-36)34-43(46)37-20-10-5-11-21-37/h4-35H,1-3H3. The fourth-order valence-electron chi connectivity index (χ4n) is 8.95. The molecule has 0 N–H and O–H groups in total. The highest BCUT2D eigenvalue weighted by Crippen LogP contribution is 2.48. The normalized spacial score (nSPS) is 12.6. The molecule has 0 bridgehead atoms. The minimum atomic E-state index is -0.108. The fourth-order valence-corrected chi connectivity index (χ4v) is 8.95. The van der Waals surface area contributed by atoms with Crippen LogP contribution in [0.4, 0.5) is 17.1 Å². The van der Waals surface area contributed by atoms with E-state index in [0.717, 1.165) is 83.9 Å². The van der Waals surface area contributed by atoms with Crippen LogP contribution in [0.15, 0.2) is 194 Å². The quantitative estimate of drug-likeness (QED) is 0.157. The Morgan fingerprint density at radius 2 is 1.02 bits per heavy atom. The summed E-state index contributed by atoms with van der Waals surface area (Å²) >= 11 is 0. The van der Waals surface area contributed by atoms with E-state index in [2.05, 4.69) is 183 Å². The third kappa shape index (κ3) is 6.39. The number of hydrogen-bond donors (Lipinski definition) is 0. The second-order valence-electron chi connectivity index (χ2n) is 16.8. The Hall–Kier alpha value is -7.57. The summed E-state index contributed by atoms with van der Waals surface area (Å²) in [4.78, 5) is 18.1. The number of aromatic nitrogens is 3. The van der Waals surface area contributed by atoms with Gasteiger partial charge >= 0.3 is 0 Å². The maximum atomic E-state index is 6.94. The number of ether oxygens (including phenoxy) is 1. The maximum Gasteiger partial charge on any atom is 0.256 e. The molecule has 0 unspecified atom stereocenters. The number of para-hydroxylation sites is 1. The highest BCUT2D eigenvalue weighted by atomic mass is 16.5. The molecule has 5 nitrogen and oxygen atoms in total. The molecular formula is C55H41BN4O. The number of rotatable bonds is 6. The smallest absolute Gasteiger partial charge is 0.256 e. The summed E-state index contributed by atoms with van der Waals surface area (Å²) in [6.45, 7) is 6.64. The average molecular weight is 785 g/mol. The monoisotopic (exact) mass is 784 g/mol. The van der Waals surface area contributed by atoms with Crippen molar-refractivity contribution in [2.75, 3.05) is 4.90 Å². The van der Waals surface area contributed by atoms with Crippen LogP contribution >= 0.6 is 0 Å². The number of benzene rings is 8. The van der Waals surface area contributed by atoms with Gasteiger partial charge in [0.15, 0.2) is 17.5 Å². The minimum absolute atomic E-state index is 0.0414. The molecule has 0 radical (unpaired) electrons. The molecule has 0 atom stereocenters. The molecule has 0 amide bonds. The van der Waals surface area contributed by atoms with Crippen LogP contribution < -0.4 is 26.0 Å². The van der Waals surface area contributed by atoms with Crippen LogP contribution in [-0.2, 0) is 5.41 Å². The molecule has 3 heterocycles. The van der Waals surface area contributed by atoms with Gasteiger partial charge < -0.3 is 9.64 Å². The van der Waals surface area contributed by atoms with Gasteiger partial charge in [0.2, 0.25) is 0 Å². The zero-order valence-electron chi connectivity index (χ0n) is 34.2. The van der Waals surface area contributed by atoms with E-state index < -0.39 is 0 Å². The van der Waals surface area contributed by atoms with Gasteiger partial charge in [0, 0.05) is 27.9 Å². The van der Waals surface area contributed by atoms with Crippen molar-refractivity contribution in [1.82, 2.24) is 15.0 Å². The molecule has 0 saturated heterocycles. The summed E-state index contributed by atoms with van der Waals surface area (Å²) in [5.74, 6) is 3.60. The number of anilines is 3. The van der Waals surface area contributed by atoms with E-state index in [4.69, 9.17) is 19.7 Å². The molecule has 2 aliphatic heterocycles. The van der Waals surface area contributed by atoms with Gasteiger partial charge in [-0.1, -0.05) is 178 Å². The minimum Gasteiger partial charge on any atom is -0.458 e. The van der Waals surface area contributed by atoms with Crippen LogP contribution in [0.3, 0.4) is 0 Å². The first-order valence-corrected chi connectivity index (χ1v) is 20.9. The highest BCUT2D eigenvalue weighted by molar-refractivity contribution is 6.99. The SMILES string of the molecule is CC(C)(C)c1ccc2c(c1)Oc1cccc3c1B2c1cccc(-c2nc(-c4ccccc4)nc(-c4ccccc4)n2)c1N3c1ccc(-c2ccccc2)cc1-c1ccccc1. The summed E-state index contributed by atoms with van der Waals surface area (Å²) in [6.07, 6.45) is 0. The van der Waals surface area contributed by atoms with E-state index in [-0.39, 0.29) is 12.1 Å². The van der Waals surface area contributed by atoms with E-state index in [0.29, 0.717) is 17.5 Å². The molecule has 290 valence electrons. The molecule has 0 saturated carbocycles. The second kappa shape index (κ2) is 14.6. The lowest BCUT2D eigenvalue weighted by Crippen LogP contribution is -2.59. The average Bonchev–Trinajstić information content (AvgIpc) is 3.31. The molecular weight excluding hydrogens is 743 g/mol. The van der Waals surface area contributed by atoms with Crippen LogP contribution in [0.2, 0.25) is 0 Å². The van der Waals surface area contributed by atoms with Gasteiger partial charge in [0.05, 0.1) is 11.4 Å². The first-order chi connectivity index (χ1) is 29.9. The van der Waals surface area contributed by atoms with Gasteiger partial charge in [-0.2, -0.15) is 0 Å². The Morgan fingerprint density at radius 3 is 1.66 bits per heavy atom. The Bertz CT molecular complexity index is 3040. The molecule has 61 heavy (non-hydrogen) atoms. The van der Waals surface area contributed by atoms with Gasteiger partial charge in [-0.25, -0.2) is 15.0 Å². The van der Waals surface area contributed by atoms with Crippen molar-refractivity contribution in [1.29, 1.82) is 0 Å². The van der Waals surface area contributed by atoms with Crippen molar-refractivity contribution in [3.05, 3.63) is 200 Å². The van der Waals surface area contributed by atoms with Gasteiger partial charge in [0.25, 0.3) is 6.71 Å². The summed E-state index contributed by atoms with van der Waals surface area (Å²) in [6, 6.07) is 68.4. The Kier molecular flexibility index (Phi) is 8.75. The topological polar surface area (TPSA) is 51.1 Å². The first-order valence-electron chi connectivity index (χ1n) is 20.9. The lowest BCUT2D eigenvalue weighted by molar-refractivity contribution is 0.483. The predicted molar refractivity (Wildman–Crippen MR) is 252 cm³/mol. The van der Waals surface area contributed by atoms with Crippen LogP contribution in [0, 0.1) is 0 Å². The number of nitrogens with zero attached hydrogens (tertiary/aromatic N) is 4. The van der Waals surface area contributed by atoms with Crippen molar-refractivity contribution in [3.63, 3.8) is 0 Å². The lowest BCUT2D eigenvalue weighted by Gasteiger charge is -2.41. The highest BCUT2D eigenvalue weighted by Gasteiger charge is 2.43. The van der Waals surface area contributed by atoms with Crippen molar-refractivity contribution in [2.45, 2.75) is 26.2 Å². The van der Waals surface area contributed by atoms with Gasteiger partial charge in [-0.3, -0.25) is 0 Å². The van der Waals surface area contributed by atoms with Crippen molar-refractivity contribution in [2.24, 2.45) is 0 Å². The zero-order chi connectivity index (χ0) is 41.1. The summed E-state index contributed by atoms with van der Waals surface area (Å²) < 4.78 is 6.94. The van der Waals surface area contributed by atoms with Crippen LogP contribution in [-0.4, -0.2) is 21.7 Å². The van der Waals surface area contributed by atoms with Gasteiger partial charge in [-0.05, 0) is 80.5 Å². The third-order valence-corrected chi connectivity index (χ3v) is 12.0. The van der Waals surface area contributed by atoms with Crippen molar-refractivity contribution >= 4 is 40.2 Å². The maximum absolute atomic E-state index is 6.94. The molecule has 11 rings (SSSR count). The van der Waals surface area contributed by atoms with E-state index in [9.17, 15) is 0 Å². The number of fused-ring (bicyclic) bond motifs is 4.